The molecule has 70 valence electrons. The quantitative estimate of drug-likeness (QED) is 0.684. The van der Waals surface area contributed by atoms with Gasteiger partial charge in [-0.15, -0.1) is 0 Å². The van der Waals surface area contributed by atoms with Gasteiger partial charge in [-0.05, 0) is 25.5 Å². The molecule has 13 heavy (non-hydrogen) atoms. The van der Waals surface area contributed by atoms with Gasteiger partial charge in [0, 0.05) is 11.1 Å². The molecular formula is C10H11ClO2. The van der Waals surface area contributed by atoms with E-state index >= 15 is 0 Å². The number of aldehydes is 1. The molecule has 0 saturated heterocycles. The smallest absolute Gasteiger partial charge is 0.151 e. The van der Waals surface area contributed by atoms with Gasteiger partial charge in [-0.25, -0.2) is 0 Å². The molecule has 0 aromatic heterocycles. The van der Waals surface area contributed by atoms with Crippen LogP contribution in [-0.2, 0) is 0 Å². The Balaban J connectivity index is 3.45. The largest absolute Gasteiger partial charge is 0.496 e. The first-order valence-corrected chi connectivity index (χ1v) is 4.28. The van der Waals surface area contributed by atoms with Crippen molar-refractivity contribution in [2.45, 2.75) is 13.8 Å². The highest BCUT2D eigenvalue weighted by Crippen LogP contribution is 2.30. The van der Waals surface area contributed by atoms with Crippen molar-refractivity contribution in [3.63, 3.8) is 0 Å². The Kier molecular flexibility index (Phi) is 2.94. The summed E-state index contributed by atoms with van der Waals surface area (Å²) in [4.78, 5) is 10.7. The van der Waals surface area contributed by atoms with Crippen LogP contribution in [0.5, 0.6) is 5.75 Å². The minimum atomic E-state index is 0.479. The highest BCUT2D eigenvalue weighted by Gasteiger charge is 2.10. The lowest BCUT2D eigenvalue weighted by atomic mass is 10.1. The van der Waals surface area contributed by atoms with E-state index < -0.39 is 0 Å². The van der Waals surface area contributed by atoms with Crippen molar-refractivity contribution in [2.24, 2.45) is 0 Å². The fourth-order valence-corrected chi connectivity index (χ4v) is 1.51. The molecule has 0 N–H and O–H groups in total. The van der Waals surface area contributed by atoms with E-state index in [1.54, 1.807) is 7.11 Å². The van der Waals surface area contributed by atoms with Gasteiger partial charge in [-0.1, -0.05) is 11.6 Å². The zero-order valence-electron chi connectivity index (χ0n) is 7.85. The van der Waals surface area contributed by atoms with E-state index in [-0.39, 0.29) is 0 Å². The molecule has 0 spiro atoms. The number of carbonyl (C=O) groups is 1. The second-order valence-corrected chi connectivity index (χ2v) is 3.24. The van der Waals surface area contributed by atoms with Gasteiger partial charge >= 0.3 is 0 Å². The monoisotopic (exact) mass is 198 g/mol. The summed E-state index contributed by atoms with van der Waals surface area (Å²) < 4.78 is 5.11. The normalized spacial score (nSPS) is 9.85. The highest BCUT2D eigenvalue weighted by molar-refractivity contribution is 6.34. The average molecular weight is 199 g/mol. The Bertz CT molecular complexity index is 345. The lowest BCUT2D eigenvalue weighted by Crippen LogP contribution is -1.95. The molecule has 0 aliphatic heterocycles. The number of benzene rings is 1. The molecule has 0 atom stereocenters. The number of halogens is 1. The Hall–Kier alpha value is -1.02. The molecule has 0 unspecified atom stereocenters. The maximum atomic E-state index is 10.7. The van der Waals surface area contributed by atoms with Crippen molar-refractivity contribution in [3.05, 3.63) is 27.8 Å². The Labute approximate surface area is 82.5 Å². The predicted molar refractivity (Wildman–Crippen MR) is 52.9 cm³/mol. The van der Waals surface area contributed by atoms with Crippen molar-refractivity contribution < 1.29 is 9.53 Å². The third kappa shape index (κ3) is 1.68. The molecule has 0 heterocycles. The van der Waals surface area contributed by atoms with E-state index in [2.05, 4.69) is 0 Å². The molecule has 0 bridgehead atoms. The summed E-state index contributed by atoms with van der Waals surface area (Å²) in [6, 6.07) is 1.81. The molecule has 1 aromatic carbocycles. The van der Waals surface area contributed by atoms with Crippen molar-refractivity contribution in [1.29, 1.82) is 0 Å². The maximum Gasteiger partial charge on any atom is 0.151 e. The Morgan fingerprint density at radius 3 is 2.54 bits per heavy atom. The number of ether oxygens (including phenoxy) is 1. The van der Waals surface area contributed by atoms with Crippen LogP contribution in [0, 0.1) is 13.8 Å². The number of hydrogen-bond acceptors (Lipinski definition) is 2. The molecule has 1 rings (SSSR count). The number of methoxy groups -OCH3 is 1. The van der Waals surface area contributed by atoms with Crippen LogP contribution < -0.4 is 4.74 Å². The molecule has 0 saturated carbocycles. The van der Waals surface area contributed by atoms with Crippen LogP contribution >= 0.6 is 11.6 Å². The van der Waals surface area contributed by atoms with Gasteiger partial charge in [0.2, 0.25) is 0 Å². The van der Waals surface area contributed by atoms with Gasteiger partial charge < -0.3 is 4.74 Å². The summed E-state index contributed by atoms with van der Waals surface area (Å²) in [5.74, 6) is 0.716. The summed E-state index contributed by atoms with van der Waals surface area (Å²) in [5.41, 5.74) is 2.18. The second-order valence-electron chi connectivity index (χ2n) is 2.87. The van der Waals surface area contributed by atoms with Crippen LogP contribution in [-0.4, -0.2) is 13.4 Å². The summed E-state index contributed by atoms with van der Waals surface area (Å²) in [6.07, 6.45) is 0.768. The predicted octanol–water partition coefficient (Wildman–Crippen LogP) is 2.78. The molecule has 0 aliphatic rings. The van der Waals surface area contributed by atoms with Crippen LogP contribution in [0.2, 0.25) is 5.02 Å². The van der Waals surface area contributed by atoms with Crippen molar-refractivity contribution in [3.8, 4) is 5.75 Å². The van der Waals surface area contributed by atoms with Crippen molar-refractivity contribution in [1.82, 2.24) is 0 Å². The summed E-state index contributed by atoms with van der Waals surface area (Å²) in [7, 11) is 1.58. The Morgan fingerprint density at radius 1 is 1.46 bits per heavy atom. The van der Waals surface area contributed by atoms with E-state index in [0.717, 1.165) is 17.4 Å². The maximum absolute atomic E-state index is 10.7. The molecule has 0 amide bonds. The van der Waals surface area contributed by atoms with E-state index in [0.29, 0.717) is 16.3 Å². The first-order chi connectivity index (χ1) is 6.11. The van der Waals surface area contributed by atoms with Gasteiger partial charge in [-0.3, -0.25) is 4.79 Å². The van der Waals surface area contributed by atoms with Gasteiger partial charge in [-0.2, -0.15) is 0 Å². The molecule has 0 fully saturated rings. The Morgan fingerprint density at radius 2 is 2.08 bits per heavy atom. The van der Waals surface area contributed by atoms with E-state index in [1.807, 2.05) is 19.9 Å². The average Bonchev–Trinajstić information content (AvgIpc) is 2.12. The minimum Gasteiger partial charge on any atom is -0.496 e. The lowest BCUT2D eigenvalue weighted by Gasteiger charge is -2.10. The topological polar surface area (TPSA) is 26.3 Å². The number of rotatable bonds is 2. The van der Waals surface area contributed by atoms with Crippen LogP contribution in [0.4, 0.5) is 0 Å². The number of aryl methyl sites for hydroxylation is 1. The highest BCUT2D eigenvalue weighted by atomic mass is 35.5. The first kappa shape index (κ1) is 10.1. The number of carbonyl (C=O) groups excluding carboxylic acids is 1. The molecule has 3 heteroatoms. The van der Waals surface area contributed by atoms with Crippen LogP contribution in [0.15, 0.2) is 6.07 Å². The van der Waals surface area contributed by atoms with Crippen molar-refractivity contribution >= 4 is 17.9 Å². The lowest BCUT2D eigenvalue weighted by molar-refractivity contribution is 0.112. The molecule has 0 aliphatic carbocycles. The summed E-state index contributed by atoms with van der Waals surface area (Å²) in [5, 5.41) is 0.479. The zero-order valence-corrected chi connectivity index (χ0v) is 8.61. The minimum absolute atomic E-state index is 0.479. The molecule has 0 radical (unpaired) electrons. The van der Waals surface area contributed by atoms with Gasteiger partial charge in [0.25, 0.3) is 0 Å². The van der Waals surface area contributed by atoms with Crippen molar-refractivity contribution in [2.75, 3.05) is 7.11 Å². The zero-order chi connectivity index (χ0) is 10.0. The molecular weight excluding hydrogens is 188 g/mol. The van der Waals surface area contributed by atoms with Gasteiger partial charge in [0.05, 0.1) is 12.1 Å². The van der Waals surface area contributed by atoms with Crippen LogP contribution in [0.25, 0.3) is 0 Å². The summed E-state index contributed by atoms with van der Waals surface area (Å²) >= 11 is 5.97. The number of hydrogen-bond donors (Lipinski definition) is 0. The second kappa shape index (κ2) is 3.79. The fraction of sp³-hybridized carbons (Fsp3) is 0.300. The van der Waals surface area contributed by atoms with Crippen LogP contribution in [0.1, 0.15) is 21.5 Å². The van der Waals surface area contributed by atoms with E-state index in [1.165, 1.54) is 0 Å². The first-order valence-electron chi connectivity index (χ1n) is 3.90. The van der Waals surface area contributed by atoms with E-state index in [4.69, 9.17) is 16.3 Å². The SMILES string of the molecule is COc1cc(C)c(C=O)c(Cl)c1C. The van der Waals surface area contributed by atoms with Gasteiger partial charge in [0.15, 0.2) is 6.29 Å². The third-order valence-corrected chi connectivity index (χ3v) is 2.53. The van der Waals surface area contributed by atoms with Gasteiger partial charge in [0.1, 0.15) is 5.75 Å². The fourth-order valence-electron chi connectivity index (χ4n) is 1.22. The standard InChI is InChI=1S/C10H11ClO2/c1-6-4-9(13-3)7(2)10(11)8(6)5-12/h4-5H,1-3H3. The van der Waals surface area contributed by atoms with E-state index in [9.17, 15) is 4.79 Å². The third-order valence-electron chi connectivity index (χ3n) is 2.05. The summed E-state index contributed by atoms with van der Waals surface area (Å²) in [6.45, 7) is 3.66. The van der Waals surface area contributed by atoms with Crippen LogP contribution in [0.3, 0.4) is 0 Å². The molecule has 1 aromatic rings. The molecule has 2 nitrogen and oxygen atoms in total.